The molecule has 0 fully saturated rings. The van der Waals surface area contributed by atoms with Gasteiger partial charge in [-0.25, -0.2) is 4.79 Å². The topological polar surface area (TPSA) is 55.4 Å². The van der Waals surface area contributed by atoms with Crippen LogP contribution in [0.2, 0.25) is 0 Å². The minimum absolute atomic E-state index is 0.318. The summed E-state index contributed by atoms with van der Waals surface area (Å²) in [5.74, 6) is -0.924. The van der Waals surface area contributed by atoms with Crippen molar-refractivity contribution in [2.75, 3.05) is 18.2 Å². The number of carbonyl (C=O) groups is 2. The van der Waals surface area contributed by atoms with Crippen molar-refractivity contribution in [2.24, 2.45) is 0 Å². The molecule has 0 saturated heterocycles. The smallest absolute Gasteiger partial charge is 0.331 e. The molecule has 2 aromatic rings. The SMILES string of the molecule is CSc1cccc(NC(=O)COC(=O)/C=C/c2ccccc2)c1. The quantitative estimate of drug-likeness (QED) is 0.500. The largest absolute Gasteiger partial charge is 0.452 e. The number of thioether (sulfide) groups is 1. The van der Waals surface area contributed by atoms with Crippen molar-refractivity contribution >= 4 is 35.4 Å². The van der Waals surface area contributed by atoms with Gasteiger partial charge in [0.2, 0.25) is 0 Å². The molecule has 1 N–H and O–H groups in total. The minimum Gasteiger partial charge on any atom is -0.452 e. The van der Waals surface area contributed by atoms with Crippen molar-refractivity contribution in [3.63, 3.8) is 0 Å². The van der Waals surface area contributed by atoms with E-state index in [1.165, 1.54) is 6.08 Å². The number of rotatable bonds is 6. The van der Waals surface area contributed by atoms with Gasteiger partial charge >= 0.3 is 5.97 Å². The molecule has 0 heterocycles. The van der Waals surface area contributed by atoms with Crippen LogP contribution in [0, 0.1) is 0 Å². The molecule has 0 aliphatic carbocycles. The Balaban J connectivity index is 1.79. The molecule has 1 amide bonds. The van der Waals surface area contributed by atoms with E-state index < -0.39 is 5.97 Å². The van der Waals surface area contributed by atoms with Crippen molar-refractivity contribution < 1.29 is 14.3 Å². The lowest BCUT2D eigenvalue weighted by Crippen LogP contribution is -2.20. The van der Waals surface area contributed by atoms with Gasteiger partial charge in [-0.1, -0.05) is 36.4 Å². The second-order valence-electron chi connectivity index (χ2n) is 4.63. The van der Waals surface area contributed by atoms with Gasteiger partial charge in [0, 0.05) is 16.7 Å². The molecular formula is C18H17NO3S. The van der Waals surface area contributed by atoms with Crippen LogP contribution in [0.3, 0.4) is 0 Å². The van der Waals surface area contributed by atoms with Gasteiger partial charge < -0.3 is 10.1 Å². The standard InChI is InChI=1S/C18H17NO3S/c1-23-16-9-5-8-15(12-16)19-17(20)13-22-18(21)11-10-14-6-3-2-4-7-14/h2-12H,13H2,1H3,(H,19,20)/b11-10+. The maximum atomic E-state index is 11.8. The van der Waals surface area contributed by atoms with Crippen LogP contribution >= 0.6 is 11.8 Å². The maximum Gasteiger partial charge on any atom is 0.331 e. The summed E-state index contributed by atoms with van der Waals surface area (Å²) in [6, 6.07) is 16.8. The van der Waals surface area contributed by atoms with Crippen LogP contribution in [0.1, 0.15) is 5.56 Å². The van der Waals surface area contributed by atoms with Crippen LogP contribution in [0.4, 0.5) is 5.69 Å². The van der Waals surface area contributed by atoms with Crippen molar-refractivity contribution in [1.29, 1.82) is 0 Å². The van der Waals surface area contributed by atoms with Crippen LogP contribution in [0.25, 0.3) is 6.08 Å². The summed E-state index contributed by atoms with van der Waals surface area (Å²) < 4.78 is 4.91. The number of nitrogens with one attached hydrogen (secondary N) is 1. The normalized spacial score (nSPS) is 10.5. The molecule has 4 nitrogen and oxygen atoms in total. The third-order valence-electron chi connectivity index (χ3n) is 2.91. The van der Waals surface area contributed by atoms with E-state index in [9.17, 15) is 9.59 Å². The zero-order valence-corrected chi connectivity index (χ0v) is 13.5. The highest BCUT2D eigenvalue weighted by atomic mass is 32.2. The second kappa shape index (κ2) is 8.80. The maximum absolute atomic E-state index is 11.8. The second-order valence-corrected chi connectivity index (χ2v) is 5.51. The number of amides is 1. The summed E-state index contributed by atoms with van der Waals surface area (Å²) in [6.45, 7) is -0.318. The summed E-state index contributed by atoms with van der Waals surface area (Å²) in [5.41, 5.74) is 1.57. The van der Waals surface area contributed by atoms with Crippen molar-refractivity contribution in [3.05, 3.63) is 66.2 Å². The Morgan fingerprint density at radius 2 is 1.91 bits per heavy atom. The average molecular weight is 327 g/mol. The van der Waals surface area contributed by atoms with E-state index in [1.54, 1.807) is 23.9 Å². The van der Waals surface area contributed by atoms with Gasteiger partial charge in [-0.2, -0.15) is 0 Å². The summed E-state index contributed by atoms with van der Waals surface area (Å²) in [5, 5.41) is 2.69. The molecule has 23 heavy (non-hydrogen) atoms. The molecule has 0 radical (unpaired) electrons. The van der Waals surface area contributed by atoms with Crippen LogP contribution in [-0.2, 0) is 14.3 Å². The summed E-state index contributed by atoms with van der Waals surface area (Å²) in [4.78, 5) is 24.4. The molecule has 118 valence electrons. The lowest BCUT2D eigenvalue weighted by Gasteiger charge is -2.06. The first kappa shape index (κ1) is 16.8. The van der Waals surface area contributed by atoms with Gasteiger partial charge in [-0.15, -0.1) is 11.8 Å². The molecule has 2 rings (SSSR count). The Kier molecular flexibility index (Phi) is 6.44. The fraction of sp³-hybridized carbons (Fsp3) is 0.111. The number of ether oxygens (including phenoxy) is 1. The number of benzene rings is 2. The zero-order chi connectivity index (χ0) is 16.5. The van der Waals surface area contributed by atoms with Crippen LogP contribution in [0.5, 0.6) is 0 Å². The monoisotopic (exact) mass is 327 g/mol. The predicted molar refractivity (Wildman–Crippen MR) is 93.3 cm³/mol. The zero-order valence-electron chi connectivity index (χ0n) is 12.7. The summed E-state index contributed by atoms with van der Waals surface area (Å²) in [7, 11) is 0. The first-order valence-corrected chi connectivity index (χ1v) is 8.23. The number of hydrogen-bond donors (Lipinski definition) is 1. The first-order chi connectivity index (χ1) is 11.2. The van der Waals surface area contributed by atoms with Gasteiger partial charge in [-0.05, 0) is 36.1 Å². The van der Waals surface area contributed by atoms with Crippen molar-refractivity contribution in [2.45, 2.75) is 4.90 Å². The van der Waals surface area contributed by atoms with E-state index in [4.69, 9.17) is 4.74 Å². The fourth-order valence-electron chi connectivity index (χ4n) is 1.81. The van der Waals surface area contributed by atoms with Crippen LogP contribution in [0.15, 0.2) is 65.6 Å². The summed E-state index contributed by atoms with van der Waals surface area (Å²) >= 11 is 1.59. The number of carbonyl (C=O) groups excluding carboxylic acids is 2. The lowest BCUT2D eigenvalue weighted by atomic mass is 10.2. The molecule has 5 heteroatoms. The highest BCUT2D eigenvalue weighted by Gasteiger charge is 2.06. The summed E-state index contributed by atoms with van der Waals surface area (Å²) in [6.07, 6.45) is 4.90. The molecule has 2 aromatic carbocycles. The predicted octanol–water partition coefficient (Wildman–Crippen LogP) is 3.60. The number of esters is 1. The Labute approximate surface area is 139 Å². The molecule has 0 bridgehead atoms. The van der Waals surface area contributed by atoms with Gasteiger partial charge in [0.05, 0.1) is 0 Å². The first-order valence-electron chi connectivity index (χ1n) is 7.01. The molecule has 0 spiro atoms. The van der Waals surface area contributed by atoms with E-state index in [0.29, 0.717) is 5.69 Å². The van der Waals surface area contributed by atoms with E-state index in [0.717, 1.165) is 10.5 Å². The molecule has 0 aliphatic heterocycles. The minimum atomic E-state index is -0.554. The van der Waals surface area contributed by atoms with Crippen LogP contribution in [-0.4, -0.2) is 24.7 Å². The Morgan fingerprint density at radius 1 is 1.13 bits per heavy atom. The highest BCUT2D eigenvalue weighted by Crippen LogP contribution is 2.18. The van der Waals surface area contributed by atoms with Crippen molar-refractivity contribution in [1.82, 2.24) is 0 Å². The Bertz CT molecular complexity index is 698. The van der Waals surface area contributed by atoms with E-state index in [2.05, 4.69) is 5.32 Å². The molecule has 0 atom stereocenters. The van der Waals surface area contributed by atoms with Gasteiger partial charge in [0.15, 0.2) is 6.61 Å². The average Bonchev–Trinajstić information content (AvgIpc) is 2.59. The third kappa shape index (κ3) is 6.00. The van der Waals surface area contributed by atoms with E-state index in [1.807, 2.05) is 54.8 Å². The fourth-order valence-corrected chi connectivity index (χ4v) is 2.27. The number of hydrogen-bond acceptors (Lipinski definition) is 4. The molecular weight excluding hydrogens is 310 g/mol. The molecule has 0 unspecified atom stereocenters. The lowest BCUT2D eigenvalue weighted by molar-refractivity contribution is -0.142. The molecule has 0 aromatic heterocycles. The van der Waals surface area contributed by atoms with Gasteiger partial charge in [0.25, 0.3) is 5.91 Å². The Hall–Kier alpha value is -2.53. The van der Waals surface area contributed by atoms with E-state index in [-0.39, 0.29) is 12.5 Å². The third-order valence-corrected chi connectivity index (χ3v) is 3.64. The van der Waals surface area contributed by atoms with Crippen LogP contribution < -0.4 is 5.32 Å². The Morgan fingerprint density at radius 3 is 2.65 bits per heavy atom. The number of anilines is 1. The van der Waals surface area contributed by atoms with Gasteiger partial charge in [0.1, 0.15) is 0 Å². The molecule has 0 aliphatic rings. The van der Waals surface area contributed by atoms with Crippen molar-refractivity contribution in [3.8, 4) is 0 Å². The highest BCUT2D eigenvalue weighted by molar-refractivity contribution is 7.98. The van der Waals surface area contributed by atoms with Gasteiger partial charge in [-0.3, -0.25) is 4.79 Å². The van der Waals surface area contributed by atoms with E-state index >= 15 is 0 Å². The molecule has 0 saturated carbocycles.